The fourth-order valence-corrected chi connectivity index (χ4v) is 3.86. The van der Waals surface area contributed by atoms with E-state index in [0.717, 1.165) is 17.5 Å². The van der Waals surface area contributed by atoms with Crippen molar-refractivity contribution in [2.75, 3.05) is 25.5 Å². The predicted octanol–water partition coefficient (Wildman–Crippen LogP) is 4.85. The standard InChI is InChI=1S/C30H51N3O5/c1-20(2)25(31-11)26(35)32-18-24(34)33-23-13-12-21(19-37-27(36)28(3,4)5)22(16-23)17-30(9,10)14-15-38-29(6,7)8/h12-13,16,20,25,31H,14-15,17-19H2,1-11H3,(H,32,35)(H,33,34). The van der Waals surface area contributed by atoms with Gasteiger partial charge in [0.25, 0.3) is 0 Å². The van der Waals surface area contributed by atoms with Gasteiger partial charge in [0.05, 0.1) is 23.6 Å². The number of esters is 1. The summed E-state index contributed by atoms with van der Waals surface area (Å²) in [6.07, 6.45) is 1.55. The van der Waals surface area contributed by atoms with E-state index in [9.17, 15) is 14.4 Å². The molecule has 1 rings (SSSR count). The highest BCUT2D eigenvalue weighted by Gasteiger charge is 2.26. The Kier molecular flexibility index (Phi) is 12.4. The molecule has 0 saturated heterocycles. The molecule has 216 valence electrons. The molecule has 1 unspecified atom stereocenters. The number of nitrogens with one attached hydrogen (secondary N) is 3. The molecule has 0 aliphatic carbocycles. The summed E-state index contributed by atoms with van der Waals surface area (Å²) < 4.78 is 11.6. The molecule has 3 N–H and O–H groups in total. The van der Waals surface area contributed by atoms with Gasteiger partial charge in [-0.3, -0.25) is 14.4 Å². The lowest BCUT2D eigenvalue weighted by atomic mass is 9.81. The Labute approximate surface area is 230 Å². The van der Waals surface area contributed by atoms with Gasteiger partial charge in [0.15, 0.2) is 0 Å². The summed E-state index contributed by atoms with van der Waals surface area (Å²) in [6.45, 7) is 20.5. The minimum Gasteiger partial charge on any atom is -0.460 e. The van der Waals surface area contributed by atoms with Crippen molar-refractivity contribution in [2.45, 2.75) is 100 Å². The second kappa shape index (κ2) is 14.1. The summed E-state index contributed by atoms with van der Waals surface area (Å²) in [7, 11) is 1.73. The zero-order chi connectivity index (χ0) is 29.3. The number of hydrogen-bond acceptors (Lipinski definition) is 6. The van der Waals surface area contributed by atoms with E-state index < -0.39 is 5.41 Å². The molecule has 0 bridgehead atoms. The quantitative estimate of drug-likeness (QED) is 0.313. The van der Waals surface area contributed by atoms with Gasteiger partial charge < -0.3 is 25.4 Å². The lowest BCUT2D eigenvalue weighted by Crippen LogP contribution is -2.47. The molecule has 0 spiro atoms. The Bertz CT molecular complexity index is 942. The normalized spacial score (nSPS) is 13.3. The lowest BCUT2D eigenvalue weighted by Gasteiger charge is -2.29. The number of carbonyl (C=O) groups is 3. The lowest BCUT2D eigenvalue weighted by molar-refractivity contribution is -0.154. The monoisotopic (exact) mass is 533 g/mol. The van der Waals surface area contributed by atoms with E-state index in [-0.39, 0.29) is 53.9 Å². The van der Waals surface area contributed by atoms with Crippen molar-refractivity contribution in [2.24, 2.45) is 16.7 Å². The van der Waals surface area contributed by atoms with Gasteiger partial charge in [0, 0.05) is 12.3 Å². The topological polar surface area (TPSA) is 106 Å². The van der Waals surface area contributed by atoms with Crippen molar-refractivity contribution < 1.29 is 23.9 Å². The van der Waals surface area contributed by atoms with Gasteiger partial charge in [-0.25, -0.2) is 0 Å². The van der Waals surface area contributed by atoms with Crippen molar-refractivity contribution in [3.63, 3.8) is 0 Å². The fourth-order valence-electron chi connectivity index (χ4n) is 3.86. The summed E-state index contributed by atoms with van der Waals surface area (Å²) in [5.74, 6) is -0.695. The van der Waals surface area contributed by atoms with Crippen LogP contribution >= 0.6 is 0 Å². The molecular formula is C30H51N3O5. The summed E-state index contributed by atoms with van der Waals surface area (Å²) in [5, 5.41) is 8.55. The second-order valence-electron chi connectivity index (χ2n) is 13.1. The van der Waals surface area contributed by atoms with Crippen LogP contribution in [0.2, 0.25) is 0 Å². The molecule has 8 nitrogen and oxygen atoms in total. The minimum atomic E-state index is -0.593. The molecule has 1 atom stereocenters. The molecule has 1 aromatic rings. The van der Waals surface area contributed by atoms with Crippen LogP contribution in [-0.4, -0.2) is 49.6 Å². The molecule has 0 heterocycles. The highest BCUT2D eigenvalue weighted by atomic mass is 16.5. The van der Waals surface area contributed by atoms with E-state index in [4.69, 9.17) is 9.47 Å². The van der Waals surface area contributed by atoms with Crippen molar-refractivity contribution >= 4 is 23.5 Å². The van der Waals surface area contributed by atoms with Gasteiger partial charge in [-0.2, -0.15) is 0 Å². The smallest absolute Gasteiger partial charge is 0.311 e. The highest BCUT2D eigenvalue weighted by Crippen LogP contribution is 2.30. The van der Waals surface area contributed by atoms with E-state index >= 15 is 0 Å². The molecule has 0 aliphatic heterocycles. The molecule has 0 saturated carbocycles. The maximum absolute atomic E-state index is 12.6. The zero-order valence-electron chi connectivity index (χ0n) is 25.5. The highest BCUT2D eigenvalue weighted by molar-refractivity contribution is 5.95. The average Bonchev–Trinajstić information content (AvgIpc) is 2.75. The Morgan fingerprint density at radius 1 is 0.947 bits per heavy atom. The van der Waals surface area contributed by atoms with Crippen LogP contribution in [0.25, 0.3) is 0 Å². The molecule has 0 aromatic heterocycles. The summed E-state index contributed by atoms with van der Waals surface area (Å²) >= 11 is 0. The molecule has 1 aromatic carbocycles. The number of rotatable bonds is 13. The first-order valence-corrected chi connectivity index (χ1v) is 13.5. The van der Waals surface area contributed by atoms with Crippen LogP contribution in [-0.2, 0) is 36.9 Å². The fraction of sp³-hybridized carbons (Fsp3) is 0.700. The van der Waals surface area contributed by atoms with Crippen LogP contribution in [0.1, 0.15) is 86.8 Å². The van der Waals surface area contributed by atoms with E-state index in [1.54, 1.807) is 13.1 Å². The maximum atomic E-state index is 12.6. The van der Waals surface area contributed by atoms with E-state index in [2.05, 4.69) is 29.8 Å². The number of anilines is 1. The summed E-state index contributed by atoms with van der Waals surface area (Å²) in [4.78, 5) is 37.4. The third-order valence-corrected chi connectivity index (χ3v) is 6.13. The number of likely N-dealkylation sites (N-methyl/N-ethyl adjacent to an activating group) is 1. The van der Waals surface area contributed by atoms with Gasteiger partial charge in [-0.1, -0.05) is 33.8 Å². The minimum absolute atomic E-state index is 0.0936. The van der Waals surface area contributed by atoms with E-state index in [1.165, 1.54) is 0 Å². The Morgan fingerprint density at radius 2 is 1.58 bits per heavy atom. The van der Waals surface area contributed by atoms with Gasteiger partial charge in [-0.05, 0) is 96.0 Å². The Balaban J connectivity index is 3.02. The Morgan fingerprint density at radius 3 is 2.11 bits per heavy atom. The predicted molar refractivity (Wildman–Crippen MR) is 153 cm³/mol. The van der Waals surface area contributed by atoms with Crippen molar-refractivity contribution in [3.8, 4) is 0 Å². The number of hydrogen-bond donors (Lipinski definition) is 3. The second-order valence-corrected chi connectivity index (χ2v) is 13.1. The first-order chi connectivity index (χ1) is 17.3. The van der Waals surface area contributed by atoms with Crippen LogP contribution < -0.4 is 16.0 Å². The first kappa shape index (κ1) is 33.6. The maximum Gasteiger partial charge on any atom is 0.311 e. The molecule has 0 aliphatic rings. The van der Waals surface area contributed by atoms with Crippen LogP contribution in [0, 0.1) is 16.7 Å². The SMILES string of the molecule is CNC(C(=O)NCC(=O)Nc1ccc(COC(=O)C(C)(C)C)c(CC(C)(C)CCOC(C)(C)C)c1)C(C)C. The van der Waals surface area contributed by atoms with Crippen LogP contribution in [0.3, 0.4) is 0 Å². The van der Waals surface area contributed by atoms with Gasteiger partial charge in [0.1, 0.15) is 6.61 Å². The third-order valence-electron chi connectivity index (χ3n) is 6.13. The van der Waals surface area contributed by atoms with Gasteiger partial charge in [-0.15, -0.1) is 0 Å². The van der Waals surface area contributed by atoms with Crippen molar-refractivity contribution in [1.29, 1.82) is 0 Å². The first-order valence-electron chi connectivity index (χ1n) is 13.5. The molecule has 8 heteroatoms. The summed E-state index contributed by atoms with van der Waals surface area (Å²) in [6, 6.07) is 5.24. The largest absolute Gasteiger partial charge is 0.460 e. The van der Waals surface area contributed by atoms with Crippen molar-refractivity contribution in [1.82, 2.24) is 10.6 Å². The molecule has 2 amide bonds. The van der Waals surface area contributed by atoms with Gasteiger partial charge in [0.2, 0.25) is 11.8 Å². The average molecular weight is 534 g/mol. The molecule has 0 fully saturated rings. The number of benzene rings is 1. The number of ether oxygens (including phenoxy) is 2. The van der Waals surface area contributed by atoms with Crippen LogP contribution in [0.15, 0.2) is 18.2 Å². The van der Waals surface area contributed by atoms with Crippen LogP contribution in [0.5, 0.6) is 0 Å². The number of amides is 2. The van der Waals surface area contributed by atoms with E-state index in [1.807, 2.05) is 67.5 Å². The molecule has 38 heavy (non-hydrogen) atoms. The zero-order valence-corrected chi connectivity index (χ0v) is 25.5. The number of carbonyl (C=O) groups excluding carboxylic acids is 3. The van der Waals surface area contributed by atoms with Crippen molar-refractivity contribution in [3.05, 3.63) is 29.3 Å². The molecule has 0 radical (unpaired) electrons. The van der Waals surface area contributed by atoms with Gasteiger partial charge >= 0.3 is 5.97 Å². The van der Waals surface area contributed by atoms with E-state index in [0.29, 0.717) is 18.7 Å². The Hall–Kier alpha value is -2.45. The van der Waals surface area contributed by atoms with Crippen LogP contribution in [0.4, 0.5) is 5.69 Å². The molecular weight excluding hydrogens is 482 g/mol. The summed E-state index contributed by atoms with van der Waals surface area (Å²) in [5.41, 5.74) is 1.62. The third kappa shape index (κ3) is 12.4.